The summed E-state index contributed by atoms with van der Waals surface area (Å²) in [5, 5.41) is -0.116. The standard InChI is InChI=1S/C15H12ClFO3S/c1-20-11-4-2-3-10(7-11)15(18)9-21(19)12-5-6-14(17)13(16)8-12/h2-8H,9H2,1H3. The van der Waals surface area contributed by atoms with E-state index >= 15 is 0 Å². The van der Waals surface area contributed by atoms with Gasteiger partial charge in [0, 0.05) is 10.5 Å². The quantitative estimate of drug-likeness (QED) is 0.790. The van der Waals surface area contributed by atoms with E-state index in [9.17, 15) is 13.4 Å². The Bertz CT molecular complexity index is 703. The summed E-state index contributed by atoms with van der Waals surface area (Å²) in [5.74, 6) is -0.518. The number of carbonyl (C=O) groups is 1. The molecule has 6 heteroatoms. The monoisotopic (exact) mass is 326 g/mol. The van der Waals surface area contributed by atoms with Gasteiger partial charge in [0.05, 0.1) is 28.7 Å². The summed E-state index contributed by atoms with van der Waals surface area (Å²) in [6.45, 7) is 0. The summed E-state index contributed by atoms with van der Waals surface area (Å²) in [5.41, 5.74) is 0.413. The molecule has 1 unspecified atom stereocenters. The van der Waals surface area contributed by atoms with Crippen LogP contribution >= 0.6 is 11.6 Å². The van der Waals surface area contributed by atoms with Crippen molar-refractivity contribution in [3.8, 4) is 5.75 Å². The van der Waals surface area contributed by atoms with Crippen LogP contribution in [0, 0.1) is 5.82 Å². The molecule has 3 nitrogen and oxygen atoms in total. The Balaban J connectivity index is 2.14. The topological polar surface area (TPSA) is 43.4 Å². The highest BCUT2D eigenvalue weighted by Crippen LogP contribution is 2.19. The van der Waals surface area contributed by atoms with E-state index in [4.69, 9.17) is 16.3 Å². The van der Waals surface area contributed by atoms with Crippen molar-refractivity contribution >= 4 is 28.2 Å². The lowest BCUT2D eigenvalue weighted by molar-refractivity contribution is 0.102. The summed E-state index contributed by atoms with van der Waals surface area (Å²) < 4.78 is 30.2. The van der Waals surface area contributed by atoms with E-state index in [1.165, 1.54) is 19.2 Å². The summed E-state index contributed by atoms with van der Waals surface area (Å²) in [6.07, 6.45) is 0. The molecule has 0 fully saturated rings. The van der Waals surface area contributed by atoms with Crippen molar-refractivity contribution in [1.29, 1.82) is 0 Å². The molecule has 110 valence electrons. The van der Waals surface area contributed by atoms with Crippen molar-refractivity contribution in [2.24, 2.45) is 0 Å². The van der Waals surface area contributed by atoms with E-state index in [1.807, 2.05) is 0 Å². The molecule has 0 aliphatic carbocycles. The molecule has 0 bridgehead atoms. The van der Waals surface area contributed by atoms with E-state index < -0.39 is 16.6 Å². The Morgan fingerprint density at radius 2 is 2.05 bits per heavy atom. The number of ether oxygens (including phenoxy) is 1. The van der Waals surface area contributed by atoms with Crippen molar-refractivity contribution in [2.45, 2.75) is 4.90 Å². The Labute approximate surface area is 129 Å². The molecule has 0 saturated heterocycles. The molecule has 0 radical (unpaired) electrons. The van der Waals surface area contributed by atoms with Gasteiger partial charge in [-0.25, -0.2) is 4.39 Å². The van der Waals surface area contributed by atoms with E-state index in [1.54, 1.807) is 24.3 Å². The van der Waals surface area contributed by atoms with Crippen LogP contribution in [0.5, 0.6) is 5.75 Å². The smallest absolute Gasteiger partial charge is 0.175 e. The Kier molecular flexibility index (Phi) is 5.09. The average Bonchev–Trinajstić information content (AvgIpc) is 2.49. The zero-order chi connectivity index (χ0) is 15.4. The molecule has 0 spiro atoms. The molecule has 0 amide bonds. The van der Waals surface area contributed by atoms with E-state index in [2.05, 4.69) is 0 Å². The second kappa shape index (κ2) is 6.83. The number of hydrogen-bond acceptors (Lipinski definition) is 3. The molecule has 0 N–H and O–H groups in total. The van der Waals surface area contributed by atoms with Crippen LogP contribution in [0.15, 0.2) is 47.4 Å². The fourth-order valence-electron chi connectivity index (χ4n) is 1.70. The second-order valence-corrected chi connectivity index (χ2v) is 6.08. The van der Waals surface area contributed by atoms with Gasteiger partial charge in [0.25, 0.3) is 0 Å². The van der Waals surface area contributed by atoms with E-state index in [-0.39, 0.29) is 16.6 Å². The lowest BCUT2D eigenvalue weighted by atomic mass is 10.1. The molecule has 0 saturated carbocycles. The summed E-state index contributed by atoms with van der Waals surface area (Å²) in [4.78, 5) is 12.4. The van der Waals surface area contributed by atoms with Crippen LogP contribution in [0.3, 0.4) is 0 Å². The first-order valence-corrected chi connectivity index (χ1v) is 7.71. The summed E-state index contributed by atoms with van der Waals surface area (Å²) >= 11 is 5.64. The first-order chi connectivity index (χ1) is 10.0. The highest BCUT2D eigenvalue weighted by molar-refractivity contribution is 7.85. The average molecular weight is 327 g/mol. The molecule has 0 aromatic heterocycles. The number of benzene rings is 2. The predicted molar refractivity (Wildman–Crippen MR) is 80.0 cm³/mol. The number of methoxy groups -OCH3 is 1. The molecule has 0 heterocycles. The van der Waals surface area contributed by atoms with Gasteiger partial charge >= 0.3 is 0 Å². The SMILES string of the molecule is COc1cccc(C(=O)CS(=O)c2ccc(F)c(Cl)c2)c1. The zero-order valence-corrected chi connectivity index (χ0v) is 12.7. The second-order valence-electron chi connectivity index (χ2n) is 4.22. The lowest BCUT2D eigenvalue weighted by Gasteiger charge is -2.05. The summed E-state index contributed by atoms with van der Waals surface area (Å²) in [6, 6.07) is 10.4. The van der Waals surface area contributed by atoms with Gasteiger partial charge in [-0.15, -0.1) is 0 Å². The van der Waals surface area contributed by atoms with Gasteiger partial charge in [0.1, 0.15) is 11.6 Å². The van der Waals surface area contributed by atoms with Gasteiger partial charge in [0.2, 0.25) is 0 Å². The first-order valence-electron chi connectivity index (χ1n) is 6.02. The molecule has 2 aromatic rings. The van der Waals surface area contributed by atoms with Crippen LogP contribution < -0.4 is 4.74 Å². The minimum Gasteiger partial charge on any atom is -0.497 e. The maximum Gasteiger partial charge on any atom is 0.175 e. The fourth-order valence-corrected chi connectivity index (χ4v) is 2.99. The van der Waals surface area contributed by atoms with Gasteiger partial charge in [0.15, 0.2) is 5.78 Å². The maximum absolute atomic E-state index is 13.1. The fraction of sp³-hybridized carbons (Fsp3) is 0.133. The number of carbonyl (C=O) groups excluding carboxylic acids is 1. The highest BCUT2D eigenvalue weighted by atomic mass is 35.5. The van der Waals surface area contributed by atoms with Gasteiger partial charge in [-0.3, -0.25) is 9.00 Å². The number of hydrogen-bond donors (Lipinski definition) is 0. The van der Waals surface area contributed by atoms with Crippen LogP contribution in [0.1, 0.15) is 10.4 Å². The van der Waals surface area contributed by atoms with Crippen LogP contribution in [0.4, 0.5) is 4.39 Å². The number of halogens is 2. The molecule has 21 heavy (non-hydrogen) atoms. The molecule has 1 atom stereocenters. The van der Waals surface area contributed by atoms with Crippen molar-refractivity contribution in [1.82, 2.24) is 0 Å². The van der Waals surface area contributed by atoms with Crippen LogP contribution in [0.2, 0.25) is 5.02 Å². The first kappa shape index (κ1) is 15.7. The van der Waals surface area contributed by atoms with Crippen LogP contribution in [0.25, 0.3) is 0 Å². The minimum atomic E-state index is -1.58. The van der Waals surface area contributed by atoms with Crippen molar-refractivity contribution in [2.75, 3.05) is 12.9 Å². The number of rotatable bonds is 5. The van der Waals surface area contributed by atoms with Crippen molar-refractivity contribution in [3.05, 3.63) is 58.9 Å². The highest BCUT2D eigenvalue weighted by Gasteiger charge is 2.14. The molecular weight excluding hydrogens is 315 g/mol. The zero-order valence-electron chi connectivity index (χ0n) is 11.1. The third-order valence-corrected chi connectivity index (χ3v) is 4.40. The Morgan fingerprint density at radius 1 is 1.29 bits per heavy atom. The lowest BCUT2D eigenvalue weighted by Crippen LogP contribution is -2.11. The van der Waals surface area contributed by atoms with Gasteiger partial charge in [-0.1, -0.05) is 23.7 Å². The third-order valence-electron chi connectivity index (χ3n) is 2.81. The molecule has 0 aliphatic heterocycles. The molecule has 0 aliphatic rings. The van der Waals surface area contributed by atoms with Crippen molar-refractivity contribution < 1.29 is 18.1 Å². The van der Waals surface area contributed by atoms with Gasteiger partial charge in [-0.05, 0) is 30.3 Å². The largest absolute Gasteiger partial charge is 0.497 e. The normalized spacial score (nSPS) is 12.0. The van der Waals surface area contributed by atoms with Crippen LogP contribution in [-0.2, 0) is 10.8 Å². The maximum atomic E-state index is 13.1. The third kappa shape index (κ3) is 3.89. The number of Topliss-reactive ketones (excluding diaryl/α,β-unsaturated/α-hetero) is 1. The van der Waals surface area contributed by atoms with Gasteiger partial charge in [-0.2, -0.15) is 0 Å². The molecule has 2 aromatic carbocycles. The summed E-state index contributed by atoms with van der Waals surface area (Å²) in [7, 11) is -0.0803. The van der Waals surface area contributed by atoms with Crippen molar-refractivity contribution in [3.63, 3.8) is 0 Å². The van der Waals surface area contributed by atoms with E-state index in [0.29, 0.717) is 16.2 Å². The predicted octanol–water partition coefficient (Wildman–Crippen LogP) is 3.48. The molecule has 2 rings (SSSR count). The van der Waals surface area contributed by atoms with E-state index in [0.717, 1.165) is 6.07 Å². The Morgan fingerprint density at radius 3 is 2.71 bits per heavy atom. The Hall–Kier alpha value is -1.72. The minimum absolute atomic E-state index is 0.116. The molecular formula is C15H12ClFO3S. The van der Waals surface area contributed by atoms with Crippen LogP contribution in [-0.4, -0.2) is 22.9 Å². The number of ketones is 1. The van der Waals surface area contributed by atoms with Gasteiger partial charge < -0.3 is 4.74 Å².